The molecule has 1 aliphatic heterocycles. The number of pyridine rings is 1. The van der Waals surface area contributed by atoms with Crippen LogP contribution in [0.5, 0.6) is 11.5 Å². The summed E-state index contributed by atoms with van der Waals surface area (Å²) in [4.78, 5) is 32.1. The maximum atomic E-state index is 13.0. The number of aryl methyl sites for hydroxylation is 1. The zero-order valence-corrected chi connectivity index (χ0v) is 22.9. The molecule has 1 amide bonds. The van der Waals surface area contributed by atoms with Crippen molar-refractivity contribution in [3.8, 4) is 17.6 Å². The van der Waals surface area contributed by atoms with E-state index in [1.54, 1.807) is 30.5 Å². The second-order valence-corrected chi connectivity index (χ2v) is 10.9. The Kier molecular flexibility index (Phi) is 8.75. The maximum Gasteiger partial charge on any atom is 0.272 e. The van der Waals surface area contributed by atoms with Crippen LogP contribution < -0.4 is 9.47 Å². The van der Waals surface area contributed by atoms with Crippen molar-refractivity contribution in [1.29, 1.82) is 5.26 Å². The van der Waals surface area contributed by atoms with E-state index in [1.807, 2.05) is 48.2 Å². The maximum absolute atomic E-state index is 13.0. The first-order valence-electron chi connectivity index (χ1n) is 14.2. The number of hydrogen-bond donors (Lipinski definition) is 0. The number of ketones is 1. The van der Waals surface area contributed by atoms with E-state index in [9.17, 15) is 9.59 Å². The van der Waals surface area contributed by atoms with E-state index in [0.29, 0.717) is 42.2 Å². The lowest BCUT2D eigenvalue weighted by molar-refractivity contribution is 0.0589. The molecule has 5 rings (SSSR count). The van der Waals surface area contributed by atoms with Gasteiger partial charge in [-0.05, 0) is 87.1 Å². The molecule has 0 spiro atoms. The molecule has 1 saturated carbocycles. The van der Waals surface area contributed by atoms with Crippen molar-refractivity contribution < 1.29 is 19.1 Å². The van der Waals surface area contributed by atoms with Gasteiger partial charge in [-0.2, -0.15) is 5.26 Å². The first kappa shape index (κ1) is 27.4. The number of ether oxygens (including phenoxy) is 2. The number of nitrogens with zero attached hydrogens (tertiary/aromatic N) is 3. The molecule has 2 aromatic carbocycles. The minimum absolute atomic E-state index is 0.0667. The number of amides is 1. The Morgan fingerprint density at radius 3 is 2.02 bits per heavy atom. The second-order valence-electron chi connectivity index (χ2n) is 10.9. The highest BCUT2D eigenvalue weighted by molar-refractivity contribution is 5.97. The molecule has 0 radical (unpaired) electrons. The number of carbonyl (C=O) groups excluding carboxylic acids is 2. The first-order chi connectivity index (χ1) is 19.5. The monoisotopic (exact) mass is 537 g/mol. The largest absolute Gasteiger partial charge is 0.490 e. The van der Waals surface area contributed by atoms with Crippen LogP contribution in [0.15, 0.2) is 66.9 Å². The Labute approximate surface area is 235 Å². The lowest BCUT2D eigenvalue weighted by atomic mass is 9.83. The summed E-state index contributed by atoms with van der Waals surface area (Å²) >= 11 is 0. The molecule has 0 bridgehead atoms. The van der Waals surface area contributed by atoms with E-state index in [1.165, 1.54) is 5.56 Å². The van der Waals surface area contributed by atoms with Crippen molar-refractivity contribution in [2.45, 2.75) is 64.1 Å². The Morgan fingerprint density at radius 2 is 1.45 bits per heavy atom. The lowest BCUT2D eigenvalue weighted by Gasteiger charge is -2.32. The summed E-state index contributed by atoms with van der Waals surface area (Å²) < 4.78 is 12.1. The third-order valence-electron chi connectivity index (χ3n) is 7.91. The Balaban J connectivity index is 1.05. The third kappa shape index (κ3) is 7.06. The summed E-state index contributed by atoms with van der Waals surface area (Å²) in [5, 5.41) is 8.93. The van der Waals surface area contributed by atoms with Crippen LogP contribution in [0.4, 0.5) is 0 Å². The number of Topliss-reactive ketones (excluding diaryl/α,β-unsaturated/α-hetero) is 1. The zero-order valence-electron chi connectivity index (χ0n) is 22.9. The minimum Gasteiger partial charge on any atom is -0.490 e. The SMILES string of the molecule is Cc1ccc(OC2CCN(C(=O)c3ccc(C(=O)CC4CCC(Oc5ccc(C#N)cc5)CC4)cn3)CC2)cc1. The van der Waals surface area contributed by atoms with Gasteiger partial charge in [0, 0.05) is 44.1 Å². The highest BCUT2D eigenvalue weighted by atomic mass is 16.5. The molecular formula is C33H35N3O4. The van der Waals surface area contributed by atoms with Gasteiger partial charge in [0.15, 0.2) is 5.78 Å². The fourth-order valence-corrected chi connectivity index (χ4v) is 5.47. The van der Waals surface area contributed by atoms with Crippen LogP contribution >= 0.6 is 0 Å². The highest BCUT2D eigenvalue weighted by Crippen LogP contribution is 2.31. The molecule has 206 valence electrons. The van der Waals surface area contributed by atoms with Gasteiger partial charge in [0.2, 0.25) is 0 Å². The number of aromatic nitrogens is 1. The number of likely N-dealkylation sites (tertiary alicyclic amines) is 1. The fourth-order valence-electron chi connectivity index (χ4n) is 5.47. The van der Waals surface area contributed by atoms with Crippen LogP contribution in [0, 0.1) is 24.2 Å². The zero-order chi connectivity index (χ0) is 27.9. The number of hydrogen-bond acceptors (Lipinski definition) is 6. The number of benzene rings is 2. The van der Waals surface area contributed by atoms with Crippen molar-refractivity contribution >= 4 is 11.7 Å². The van der Waals surface area contributed by atoms with Gasteiger partial charge in [-0.1, -0.05) is 17.7 Å². The highest BCUT2D eigenvalue weighted by Gasteiger charge is 2.27. The van der Waals surface area contributed by atoms with E-state index >= 15 is 0 Å². The van der Waals surface area contributed by atoms with E-state index in [-0.39, 0.29) is 23.9 Å². The summed E-state index contributed by atoms with van der Waals surface area (Å²) in [6, 6.07) is 20.7. The molecule has 40 heavy (non-hydrogen) atoms. The van der Waals surface area contributed by atoms with Gasteiger partial charge in [0.05, 0.1) is 17.7 Å². The van der Waals surface area contributed by atoms with Gasteiger partial charge in [0.1, 0.15) is 23.3 Å². The second kappa shape index (κ2) is 12.8. The fraction of sp³-hybridized carbons (Fsp3) is 0.394. The smallest absolute Gasteiger partial charge is 0.272 e. The molecule has 1 saturated heterocycles. The molecule has 2 fully saturated rings. The summed E-state index contributed by atoms with van der Waals surface area (Å²) in [5.74, 6) is 1.92. The van der Waals surface area contributed by atoms with E-state index in [0.717, 1.165) is 50.0 Å². The summed E-state index contributed by atoms with van der Waals surface area (Å²) in [7, 11) is 0. The van der Waals surface area contributed by atoms with Crippen molar-refractivity contribution in [2.24, 2.45) is 5.92 Å². The average molecular weight is 538 g/mol. The van der Waals surface area contributed by atoms with Crippen LogP contribution in [-0.4, -0.2) is 46.9 Å². The average Bonchev–Trinajstić information content (AvgIpc) is 3.00. The predicted octanol–water partition coefficient (Wildman–Crippen LogP) is 6.16. The molecule has 3 aromatic rings. The Hall–Kier alpha value is -4.18. The number of piperidine rings is 1. The van der Waals surface area contributed by atoms with Gasteiger partial charge in [-0.25, -0.2) is 0 Å². The van der Waals surface area contributed by atoms with Crippen LogP contribution in [0.1, 0.15) is 76.9 Å². The molecule has 2 heterocycles. The molecule has 7 nitrogen and oxygen atoms in total. The third-order valence-corrected chi connectivity index (χ3v) is 7.91. The van der Waals surface area contributed by atoms with Gasteiger partial charge in [0.25, 0.3) is 5.91 Å². The molecule has 2 aliphatic rings. The molecule has 0 atom stereocenters. The summed E-state index contributed by atoms with van der Waals surface area (Å²) in [6.07, 6.45) is 7.46. The molecule has 7 heteroatoms. The Morgan fingerprint density at radius 1 is 0.850 bits per heavy atom. The van der Waals surface area contributed by atoms with E-state index in [2.05, 4.69) is 11.1 Å². The van der Waals surface area contributed by atoms with Crippen molar-refractivity contribution in [3.63, 3.8) is 0 Å². The van der Waals surface area contributed by atoms with Gasteiger partial charge in [-0.15, -0.1) is 0 Å². The van der Waals surface area contributed by atoms with Crippen molar-refractivity contribution in [3.05, 3.63) is 89.2 Å². The van der Waals surface area contributed by atoms with Gasteiger partial charge >= 0.3 is 0 Å². The summed E-state index contributed by atoms with van der Waals surface area (Å²) in [6.45, 7) is 3.29. The summed E-state index contributed by atoms with van der Waals surface area (Å²) in [5.41, 5.74) is 2.74. The number of nitriles is 1. The molecule has 1 aromatic heterocycles. The molecule has 0 N–H and O–H groups in total. The standard InChI is InChI=1S/C33H35N3O4/c1-23-2-9-27(10-3-23)40-30-16-18-36(19-17-30)33(38)31-15-8-26(22-35-31)32(37)20-24-4-11-28(12-5-24)39-29-13-6-25(21-34)7-14-29/h2-3,6-10,13-15,22,24,28,30H,4-5,11-12,16-20H2,1H3. The van der Waals surface area contributed by atoms with Gasteiger partial charge in [-0.3, -0.25) is 14.6 Å². The predicted molar refractivity (Wildman–Crippen MR) is 151 cm³/mol. The van der Waals surface area contributed by atoms with Crippen LogP contribution in [0.3, 0.4) is 0 Å². The van der Waals surface area contributed by atoms with E-state index < -0.39 is 0 Å². The molecular weight excluding hydrogens is 502 g/mol. The van der Waals surface area contributed by atoms with Gasteiger partial charge < -0.3 is 14.4 Å². The topological polar surface area (TPSA) is 92.5 Å². The van der Waals surface area contributed by atoms with Crippen molar-refractivity contribution in [2.75, 3.05) is 13.1 Å². The Bertz CT molecular complexity index is 1330. The normalized spacial score (nSPS) is 19.4. The lowest BCUT2D eigenvalue weighted by Crippen LogP contribution is -2.42. The van der Waals surface area contributed by atoms with Crippen molar-refractivity contribution in [1.82, 2.24) is 9.88 Å². The van der Waals surface area contributed by atoms with Crippen LogP contribution in [0.25, 0.3) is 0 Å². The molecule has 0 unspecified atom stereocenters. The van der Waals surface area contributed by atoms with Crippen LogP contribution in [-0.2, 0) is 0 Å². The number of carbonyl (C=O) groups is 2. The first-order valence-corrected chi connectivity index (χ1v) is 14.2. The number of rotatable bonds is 8. The molecule has 1 aliphatic carbocycles. The van der Waals surface area contributed by atoms with Crippen LogP contribution in [0.2, 0.25) is 0 Å². The van der Waals surface area contributed by atoms with E-state index in [4.69, 9.17) is 14.7 Å². The quantitative estimate of drug-likeness (QED) is 0.320. The minimum atomic E-state index is -0.103.